The first kappa shape index (κ1) is 17.1. The van der Waals surface area contributed by atoms with Crippen molar-refractivity contribution in [2.75, 3.05) is 16.8 Å². The molecule has 1 fully saturated rings. The topological polar surface area (TPSA) is 49.4 Å². The third-order valence-corrected chi connectivity index (χ3v) is 4.60. The standard InChI is InChI=1S/C20H21FN2O2/c1-12-4-7-18(14(3)8-12)22-20(25)15-9-19(24)23(11-15)16-6-5-13(2)17(21)10-16/h4-8,10,15H,9,11H2,1-3H3,(H,22,25)/t15-/m1/s1. The van der Waals surface area contributed by atoms with Gasteiger partial charge in [0, 0.05) is 24.3 Å². The molecule has 1 atom stereocenters. The van der Waals surface area contributed by atoms with Crippen molar-refractivity contribution in [1.82, 2.24) is 0 Å². The Labute approximate surface area is 146 Å². The summed E-state index contributed by atoms with van der Waals surface area (Å²) in [5.41, 5.74) is 3.88. The Morgan fingerprint density at radius 3 is 2.56 bits per heavy atom. The molecule has 1 aliphatic heterocycles. The maximum atomic E-state index is 13.8. The number of amides is 2. The smallest absolute Gasteiger partial charge is 0.229 e. The van der Waals surface area contributed by atoms with Gasteiger partial charge in [-0.1, -0.05) is 23.8 Å². The zero-order valence-electron chi connectivity index (χ0n) is 14.6. The Balaban J connectivity index is 1.73. The van der Waals surface area contributed by atoms with Gasteiger partial charge in [0.1, 0.15) is 5.82 Å². The summed E-state index contributed by atoms with van der Waals surface area (Å²) in [7, 11) is 0. The van der Waals surface area contributed by atoms with Crippen molar-refractivity contribution in [2.24, 2.45) is 5.92 Å². The molecule has 25 heavy (non-hydrogen) atoms. The zero-order chi connectivity index (χ0) is 18.1. The van der Waals surface area contributed by atoms with Crippen molar-refractivity contribution >= 4 is 23.2 Å². The molecule has 1 heterocycles. The van der Waals surface area contributed by atoms with Gasteiger partial charge in [-0.2, -0.15) is 0 Å². The number of benzene rings is 2. The van der Waals surface area contributed by atoms with Crippen molar-refractivity contribution in [3.05, 3.63) is 58.9 Å². The third-order valence-electron chi connectivity index (χ3n) is 4.60. The number of nitrogens with one attached hydrogen (secondary N) is 1. The minimum Gasteiger partial charge on any atom is -0.326 e. The summed E-state index contributed by atoms with van der Waals surface area (Å²) in [6.45, 7) is 5.86. The molecule has 0 radical (unpaired) electrons. The fourth-order valence-electron chi connectivity index (χ4n) is 3.07. The van der Waals surface area contributed by atoms with Crippen LogP contribution < -0.4 is 10.2 Å². The van der Waals surface area contributed by atoms with Gasteiger partial charge in [0.15, 0.2) is 0 Å². The molecule has 1 aliphatic rings. The van der Waals surface area contributed by atoms with Crippen molar-refractivity contribution in [3.8, 4) is 0 Å². The molecule has 5 heteroatoms. The molecule has 0 aromatic heterocycles. The second-order valence-corrected chi connectivity index (χ2v) is 6.65. The van der Waals surface area contributed by atoms with Crippen LogP contribution in [0.15, 0.2) is 36.4 Å². The molecule has 0 spiro atoms. The van der Waals surface area contributed by atoms with E-state index in [1.807, 2.05) is 32.0 Å². The number of hydrogen-bond acceptors (Lipinski definition) is 2. The molecule has 4 nitrogen and oxygen atoms in total. The molecule has 2 amide bonds. The van der Waals surface area contributed by atoms with E-state index in [1.165, 1.54) is 11.0 Å². The number of anilines is 2. The molecule has 130 valence electrons. The predicted molar refractivity (Wildman–Crippen MR) is 96.1 cm³/mol. The maximum absolute atomic E-state index is 13.8. The SMILES string of the molecule is Cc1ccc(NC(=O)[C@@H]2CC(=O)N(c3ccc(C)c(F)c3)C2)c(C)c1. The van der Waals surface area contributed by atoms with Crippen LogP contribution in [0.5, 0.6) is 0 Å². The minimum absolute atomic E-state index is 0.131. The fraction of sp³-hybridized carbons (Fsp3) is 0.300. The van der Waals surface area contributed by atoms with E-state index in [0.29, 0.717) is 11.3 Å². The Morgan fingerprint density at radius 1 is 1.12 bits per heavy atom. The number of aryl methyl sites for hydroxylation is 3. The van der Waals surface area contributed by atoms with E-state index in [0.717, 1.165) is 16.8 Å². The number of carbonyl (C=O) groups is 2. The number of carbonyl (C=O) groups excluding carboxylic acids is 2. The highest BCUT2D eigenvalue weighted by molar-refractivity contribution is 6.03. The highest BCUT2D eigenvalue weighted by Gasteiger charge is 2.35. The van der Waals surface area contributed by atoms with Gasteiger partial charge in [-0.3, -0.25) is 9.59 Å². The van der Waals surface area contributed by atoms with Crippen molar-refractivity contribution in [3.63, 3.8) is 0 Å². The maximum Gasteiger partial charge on any atom is 0.229 e. The van der Waals surface area contributed by atoms with Gasteiger partial charge in [0.25, 0.3) is 0 Å². The van der Waals surface area contributed by atoms with Crippen LogP contribution in [0.3, 0.4) is 0 Å². The summed E-state index contributed by atoms with van der Waals surface area (Å²) in [4.78, 5) is 26.3. The van der Waals surface area contributed by atoms with Crippen LogP contribution in [0.4, 0.5) is 15.8 Å². The van der Waals surface area contributed by atoms with E-state index in [4.69, 9.17) is 0 Å². The summed E-state index contributed by atoms with van der Waals surface area (Å²) in [6, 6.07) is 10.5. The van der Waals surface area contributed by atoms with E-state index in [1.54, 1.807) is 19.1 Å². The summed E-state index contributed by atoms with van der Waals surface area (Å²) in [5.74, 6) is -1.15. The van der Waals surface area contributed by atoms with Crippen LogP contribution in [0.25, 0.3) is 0 Å². The van der Waals surface area contributed by atoms with Crippen LogP contribution >= 0.6 is 0 Å². The molecule has 2 aromatic rings. The van der Waals surface area contributed by atoms with Crippen LogP contribution in [0, 0.1) is 32.5 Å². The van der Waals surface area contributed by atoms with Crippen molar-refractivity contribution in [2.45, 2.75) is 27.2 Å². The molecular formula is C20H21FN2O2. The molecule has 1 N–H and O–H groups in total. The number of hydrogen-bond donors (Lipinski definition) is 1. The summed E-state index contributed by atoms with van der Waals surface area (Å²) in [5, 5.41) is 2.90. The first-order valence-corrected chi connectivity index (χ1v) is 8.30. The lowest BCUT2D eigenvalue weighted by atomic mass is 10.1. The highest BCUT2D eigenvalue weighted by atomic mass is 19.1. The molecule has 0 aliphatic carbocycles. The first-order valence-electron chi connectivity index (χ1n) is 8.30. The van der Waals surface area contributed by atoms with Gasteiger partial charge in [0.2, 0.25) is 11.8 Å². The monoisotopic (exact) mass is 340 g/mol. The highest BCUT2D eigenvalue weighted by Crippen LogP contribution is 2.28. The summed E-state index contributed by atoms with van der Waals surface area (Å²) < 4.78 is 13.8. The second kappa shape index (κ2) is 6.67. The number of rotatable bonds is 3. The lowest BCUT2D eigenvalue weighted by Crippen LogP contribution is -2.28. The van der Waals surface area contributed by atoms with E-state index in [2.05, 4.69) is 5.32 Å². The van der Waals surface area contributed by atoms with Crippen LogP contribution in [-0.2, 0) is 9.59 Å². The Morgan fingerprint density at radius 2 is 1.88 bits per heavy atom. The number of nitrogens with zero attached hydrogens (tertiary/aromatic N) is 1. The normalized spacial score (nSPS) is 17.0. The van der Waals surface area contributed by atoms with Gasteiger partial charge >= 0.3 is 0 Å². The van der Waals surface area contributed by atoms with Gasteiger partial charge in [0.05, 0.1) is 5.92 Å². The Bertz CT molecular complexity index is 848. The van der Waals surface area contributed by atoms with Gasteiger partial charge in [-0.25, -0.2) is 4.39 Å². The Kier molecular flexibility index (Phi) is 4.57. The summed E-state index contributed by atoms with van der Waals surface area (Å²) >= 11 is 0. The van der Waals surface area contributed by atoms with Crippen LogP contribution in [0.1, 0.15) is 23.1 Å². The molecular weight excluding hydrogens is 319 g/mol. The van der Waals surface area contributed by atoms with E-state index < -0.39 is 5.92 Å². The second-order valence-electron chi connectivity index (χ2n) is 6.65. The first-order chi connectivity index (χ1) is 11.8. The van der Waals surface area contributed by atoms with E-state index in [9.17, 15) is 14.0 Å². The molecule has 1 saturated heterocycles. The average Bonchev–Trinajstić information content (AvgIpc) is 2.95. The number of halogens is 1. The quantitative estimate of drug-likeness (QED) is 0.925. The van der Waals surface area contributed by atoms with Crippen molar-refractivity contribution in [1.29, 1.82) is 0 Å². The molecule has 2 aromatic carbocycles. The molecule has 3 rings (SSSR count). The predicted octanol–water partition coefficient (Wildman–Crippen LogP) is 3.74. The van der Waals surface area contributed by atoms with E-state index >= 15 is 0 Å². The van der Waals surface area contributed by atoms with Gasteiger partial charge in [-0.15, -0.1) is 0 Å². The Hall–Kier alpha value is -2.69. The molecule has 0 bridgehead atoms. The fourth-order valence-corrected chi connectivity index (χ4v) is 3.07. The van der Waals surface area contributed by atoms with Crippen LogP contribution in [-0.4, -0.2) is 18.4 Å². The zero-order valence-corrected chi connectivity index (χ0v) is 14.6. The molecule has 0 saturated carbocycles. The van der Waals surface area contributed by atoms with Crippen molar-refractivity contribution < 1.29 is 14.0 Å². The average molecular weight is 340 g/mol. The third kappa shape index (κ3) is 3.55. The van der Waals surface area contributed by atoms with E-state index in [-0.39, 0.29) is 30.6 Å². The van der Waals surface area contributed by atoms with Gasteiger partial charge in [-0.05, 0) is 50.1 Å². The lowest BCUT2D eigenvalue weighted by molar-refractivity contribution is -0.122. The largest absolute Gasteiger partial charge is 0.326 e. The van der Waals surface area contributed by atoms with Crippen LogP contribution in [0.2, 0.25) is 0 Å². The summed E-state index contributed by atoms with van der Waals surface area (Å²) in [6.07, 6.45) is 0.131. The lowest BCUT2D eigenvalue weighted by Gasteiger charge is -2.17. The minimum atomic E-state index is -0.447. The molecule has 0 unspecified atom stereocenters. The van der Waals surface area contributed by atoms with Gasteiger partial charge < -0.3 is 10.2 Å².